The molecule has 1 aliphatic heterocycles. The van der Waals surface area contributed by atoms with Crippen LogP contribution in [-0.2, 0) is 4.79 Å². The van der Waals surface area contributed by atoms with Crippen LogP contribution in [0.5, 0.6) is 5.75 Å². The van der Waals surface area contributed by atoms with Crippen LogP contribution >= 0.6 is 12.2 Å². The third-order valence-electron chi connectivity index (χ3n) is 6.36. The van der Waals surface area contributed by atoms with Gasteiger partial charge in [0.2, 0.25) is 5.91 Å². The van der Waals surface area contributed by atoms with Crippen LogP contribution < -0.4 is 15.4 Å². The van der Waals surface area contributed by atoms with Gasteiger partial charge in [0.05, 0.1) is 30.6 Å². The SMILES string of the molecule is COc1ccc(-n2cccc2C2C(c3ccccn3)NC(=S)N2CCC(=O)Nc2ccccc2F)cc1. The van der Waals surface area contributed by atoms with Crippen molar-refractivity contribution in [2.75, 3.05) is 19.0 Å². The zero-order valence-corrected chi connectivity index (χ0v) is 21.0. The van der Waals surface area contributed by atoms with E-state index in [1.807, 2.05) is 65.7 Å². The van der Waals surface area contributed by atoms with Gasteiger partial charge in [-0.05, 0) is 72.9 Å². The number of anilines is 1. The van der Waals surface area contributed by atoms with Gasteiger partial charge in [-0.3, -0.25) is 9.78 Å². The number of hydrogen-bond acceptors (Lipinski definition) is 4. The highest BCUT2D eigenvalue weighted by Gasteiger charge is 2.41. The summed E-state index contributed by atoms with van der Waals surface area (Å²) in [4.78, 5) is 19.3. The Morgan fingerprint density at radius 2 is 1.86 bits per heavy atom. The summed E-state index contributed by atoms with van der Waals surface area (Å²) < 4.78 is 21.4. The lowest BCUT2D eigenvalue weighted by molar-refractivity contribution is -0.116. The Bertz CT molecular complexity index is 1390. The highest BCUT2D eigenvalue weighted by atomic mass is 32.1. The number of nitrogens with zero attached hydrogens (tertiary/aromatic N) is 3. The third kappa shape index (κ3) is 5.17. The zero-order valence-electron chi connectivity index (χ0n) is 20.2. The highest BCUT2D eigenvalue weighted by Crippen LogP contribution is 2.39. The van der Waals surface area contributed by atoms with Gasteiger partial charge in [-0.15, -0.1) is 0 Å². The second-order valence-electron chi connectivity index (χ2n) is 8.60. The van der Waals surface area contributed by atoms with Gasteiger partial charge >= 0.3 is 0 Å². The molecule has 2 aromatic carbocycles. The molecule has 2 aromatic heterocycles. The van der Waals surface area contributed by atoms with Gasteiger partial charge < -0.3 is 24.8 Å². The second-order valence-corrected chi connectivity index (χ2v) is 8.99. The maximum absolute atomic E-state index is 14.0. The fraction of sp³-hybridized carbons (Fsp3) is 0.179. The maximum Gasteiger partial charge on any atom is 0.226 e. The first-order valence-electron chi connectivity index (χ1n) is 11.9. The van der Waals surface area contributed by atoms with Gasteiger partial charge in [0.25, 0.3) is 0 Å². The van der Waals surface area contributed by atoms with Crippen molar-refractivity contribution in [3.8, 4) is 11.4 Å². The van der Waals surface area contributed by atoms with Crippen LogP contribution in [0.25, 0.3) is 5.69 Å². The number of carbonyl (C=O) groups excluding carboxylic acids is 1. The maximum atomic E-state index is 14.0. The molecule has 0 aliphatic carbocycles. The molecule has 1 fully saturated rings. The number of aromatic nitrogens is 2. The summed E-state index contributed by atoms with van der Waals surface area (Å²) >= 11 is 5.73. The van der Waals surface area contributed by atoms with Crippen molar-refractivity contribution < 1.29 is 13.9 Å². The summed E-state index contributed by atoms with van der Waals surface area (Å²) in [7, 11) is 1.64. The number of thiocarbonyl (C=S) groups is 1. The first kappa shape index (κ1) is 24.5. The molecule has 3 heterocycles. The van der Waals surface area contributed by atoms with Crippen molar-refractivity contribution in [1.29, 1.82) is 0 Å². The predicted molar refractivity (Wildman–Crippen MR) is 144 cm³/mol. The molecule has 188 valence electrons. The Morgan fingerprint density at radius 1 is 1.08 bits per heavy atom. The van der Waals surface area contributed by atoms with Gasteiger partial charge in [-0.1, -0.05) is 18.2 Å². The number of halogens is 1. The van der Waals surface area contributed by atoms with E-state index in [0.29, 0.717) is 11.7 Å². The molecular weight excluding hydrogens is 489 g/mol. The van der Waals surface area contributed by atoms with Gasteiger partial charge in [-0.2, -0.15) is 0 Å². The average Bonchev–Trinajstić information content (AvgIpc) is 3.53. The number of nitrogens with one attached hydrogen (secondary N) is 2. The fourth-order valence-corrected chi connectivity index (χ4v) is 4.91. The molecule has 4 aromatic rings. The molecule has 1 amide bonds. The molecule has 2 unspecified atom stereocenters. The molecule has 1 saturated heterocycles. The number of amides is 1. The fourth-order valence-electron chi connectivity index (χ4n) is 4.58. The quantitative estimate of drug-likeness (QED) is 0.321. The van der Waals surface area contributed by atoms with E-state index in [2.05, 4.69) is 20.2 Å². The molecular formula is C28H26FN5O2S. The molecule has 0 saturated carbocycles. The van der Waals surface area contributed by atoms with Crippen LogP contribution in [-0.4, -0.2) is 39.1 Å². The lowest BCUT2D eigenvalue weighted by atomic mass is 10.0. The Labute approximate surface area is 219 Å². The topological polar surface area (TPSA) is 71.4 Å². The normalized spacial score (nSPS) is 16.9. The summed E-state index contributed by atoms with van der Waals surface area (Å²) in [5.74, 6) is 0.00751. The number of para-hydroxylation sites is 1. The van der Waals surface area contributed by atoms with E-state index in [4.69, 9.17) is 17.0 Å². The second kappa shape index (κ2) is 10.8. The third-order valence-corrected chi connectivity index (χ3v) is 6.71. The molecule has 37 heavy (non-hydrogen) atoms. The Morgan fingerprint density at radius 3 is 2.59 bits per heavy atom. The number of ether oxygens (including phenoxy) is 1. The number of carbonyl (C=O) groups is 1. The van der Waals surface area contributed by atoms with Crippen LogP contribution in [0.3, 0.4) is 0 Å². The van der Waals surface area contributed by atoms with Gasteiger partial charge in [0.15, 0.2) is 5.11 Å². The summed E-state index contributed by atoms with van der Waals surface area (Å²) in [6.07, 6.45) is 3.88. The van der Waals surface area contributed by atoms with Crippen molar-refractivity contribution in [2.45, 2.75) is 18.5 Å². The van der Waals surface area contributed by atoms with E-state index in [1.54, 1.807) is 25.4 Å². The smallest absolute Gasteiger partial charge is 0.226 e. The molecule has 0 bridgehead atoms. The van der Waals surface area contributed by atoms with Crippen LogP contribution in [0.2, 0.25) is 0 Å². The van der Waals surface area contributed by atoms with Crippen LogP contribution in [0.15, 0.2) is 91.3 Å². The lowest BCUT2D eigenvalue weighted by Crippen LogP contribution is -2.33. The Balaban J connectivity index is 1.44. The predicted octanol–water partition coefficient (Wildman–Crippen LogP) is 5.02. The number of rotatable bonds is 8. The molecule has 9 heteroatoms. The van der Waals surface area contributed by atoms with E-state index in [9.17, 15) is 9.18 Å². The van der Waals surface area contributed by atoms with Gasteiger partial charge in [0.1, 0.15) is 11.6 Å². The molecule has 5 rings (SSSR count). The summed E-state index contributed by atoms with van der Waals surface area (Å²) in [6, 6.07) is 23.3. The lowest BCUT2D eigenvalue weighted by Gasteiger charge is -2.29. The minimum Gasteiger partial charge on any atom is -0.497 e. The van der Waals surface area contributed by atoms with Crippen molar-refractivity contribution in [1.82, 2.24) is 19.8 Å². The van der Waals surface area contributed by atoms with Crippen molar-refractivity contribution in [3.05, 3.63) is 108 Å². The van der Waals surface area contributed by atoms with E-state index in [0.717, 1.165) is 22.8 Å². The monoisotopic (exact) mass is 515 g/mol. The van der Waals surface area contributed by atoms with Crippen molar-refractivity contribution >= 4 is 28.9 Å². The molecule has 7 nitrogen and oxygen atoms in total. The minimum absolute atomic E-state index is 0.130. The number of hydrogen-bond donors (Lipinski definition) is 2. The number of benzene rings is 2. The molecule has 0 radical (unpaired) electrons. The molecule has 2 N–H and O–H groups in total. The first-order valence-corrected chi connectivity index (χ1v) is 12.3. The standard InChI is InChI=1S/C28H26FN5O2S/c1-36-20-13-11-19(12-14-20)33-17-6-10-24(33)27-26(23-9-4-5-16-30-23)32-28(37)34(27)18-15-25(35)31-22-8-3-2-7-21(22)29/h2-14,16-17,26-27H,15,18H2,1H3,(H,31,35)(H,32,37). The van der Waals surface area contributed by atoms with Gasteiger partial charge in [0, 0.05) is 36.7 Å². The summed E-state index contributed by atoms with van der Waals surface area (Å²) in [6.45, 7) is 0.341. The molecule has 2 atom stereocenters. The van der Waals surface area contributed by atoms with Crippen LogP contribution in [0.1, 0.15) is 29.9 Å². The van der Waals surface area contributed by atoms with Crippen molar-refractivity contribution in [2.24, 2.45) is 0 Å². The summed E-state index contributed by atoms with van der Waals surface area (Å²) in [5.41, 5.74) is 2.96. The first-order chi connectivity index (χ1) is 18.0. The highest BCUT2D eigenvalue weighted by molar-refractivity contribution is 7.80. The number of methoxy groups -OCH3 is 1. The average molecular weight is 516 g/mol. The Kier molecular flexibility index (Phi) is 7.14. The summed E-state index contributed by atoms with van der Waals surface area (Å²) in [5, 5.41) is 6.59. The van der Waals surface area contributed by atoms with E-state index in [-0.39, 0.29) is 30.1 Å². The van der Waals surface area contributed by atoms with Crippen molar-refractivity contribution in [3.63, 3.8) is 0 Å². The molecule has 0 spiro atoms. The van der Waals surface area contributed by atoms with Gasteiger partial charge in [-0.25, -0.2) is 4.39 Å². The number of pyridine rings is 1. The van der Waals surface area contributed by atoms with E-state index in [1.165, 1.54) is 12.1 Å². The van der Waals surface area contributed by atoms with Crippen LogP contribution in [0, 0.1) is 5.82 Å². The Hall–Kier alpha value is -4.24. The largest absolute Gasteiger partial charge is 0.497 e. The van der Waals surface area contributed by atoms with E-state index >= 15 is 0 Å². The zero-order chi connectivity index (χ0) is 25.8. The molecule has 1 aliphatic rings. The minimum atomic E-state index is -0.473. The van der Waals surface area contributed by atoms with Crippen LogP contribution in [0.4, 0.5) is 10.1 Å². The van der Waals surface area contributed by atoms with E-state index < -0.39 is 5.82 Å².